The Kier molecular flexibility index (Phi) is 4.78. The summed E-state index contributed by atoms with van der Waals surface area (Å²) in [5.74, 6) is 0.281. The highest BCUT2D eigenvalue weighted by Gasteiger charge is 2.21. The number of hydrogen-bond acceptors (Lipinski definition) is 1. The van der Waals surface area contributed by atoms with Crippen molar-refractivity contribution in [1.82, 2.24) is 4.90 Å². The molecule has 0 atom stereocenters. The Bertz CT molecular complexity index is 448. The third-order valence-corrected chi connectivity index (χ3v) is 3.56. The van der Waals surface area contributed by atoms with Crippen molar-refractivity contribution in [2.45, 2.75) is 46.1 Å². The number of allylic oxidation sites excluding steroid dienone is 2. The van der Waals surface area contributed by atoms with Crippen LogP contribution in [-0.2, 0) is 11.3 Å². The van der Waals surface area contributed by atoms with Crippen molar-refractivity contribution in [1.29, 1.82) is 0 Å². The van der Waals surface area contributed by atoms with Crippen LogP contribution in [0.3, 0.4) is 0 Å². The van der Waals surface area contributed by atoms with Gasteiger partial charge in [0.25, 0.3) is 0 Å². The Balaban J connectivity index is 2.19. The van der Waals surface area contributed by atoms with Gasteiger partial charge in [0.15, 0.2) is 0 Å². The molecule has 1 amide bonds. The molecule has 0 saturated carbocycles. The molecule has 0 N–H and O–H groups in total. The molecule has 0 heterocycles. The molecule has 1 aliphatic rings. The van der Waals surface area contributed by atoms with Gasteiger partial charge in [0.2, 0.25) is 5.91 Å². The number of amides is 1. The number of carbonyl (C=O) groups excluding carboxylic acids is 1. The zero-order chi connectivity index (χ0) is 13.7. The van der Waals surface area contributed by atoms with Crippen molar-refractivity contribution in [2.75, 3.05) is 0 Å². The molecule has 2 heteroatoms. The second kappa shape index (κ2) is 6.55. The molecule has 1 aromatic carbocycles. The zero-order valence-electron chi connectivity index (χ0n) is 11.9. The monoisotopic (exact) mass is 257 g/mol. The largest absolute Gasteiger partial charge is 0.312 e. The number of hydrogen-bond donors (Lipinski definition) is 0. The molecule has 0 unspecified atom stereocenters. The van der Waals surface area contributed by atoms with Crippen LogP contribution in [0.4, 0.5) is 0 Å². The minimum atomic E-state index is 0.0477. The maximum atomic E-state index is 12.4. The lowest BCUT2D eigenvalue weighted by atomic mass is 10.0. The zero-order valence-corrected chi connectivity index (χ0v) is 11.9. The second-order valence-electron chi connectivity index (χ2n) is 5.51. The van der Waals surface area contributed by atoms with Gasteiger partial charge in [0.1, 0.15) is 0 Å². The Labute approximate surface area is 116 Å². The first-order chi connectivity index (χ1) is 9.18. The van der Waals surface area contributed by atoms with Crippen molar-refractivity contribution in [3.8, 4) is 0 Å². The van der Waals surface area contributed by atoms with E-state index in [0.29, 0.717) is 6.54 Å². The van der Waals surface area contributed by atoms with E-state index >= 15 is 0 Å². The van der Waals surface area contributed by atoms with Crippen molar-refractivity contribution in [3.63, 3.8) is 0 Å². The van der Waals surface area contributed by atoms with Crippen LogP contribution in [0, 0.1) is 5.92 Å². The van der Waals surface area contributed by atoms with E-state index in [0.717, 1.165) is 12.8 Å². The average Bonchev–Trinajstić information content (AvgIpc) is 2.46. The van der Waals surface area contributed by atoms with Gasteiger partial charge in [0, 0.05) is 11.6 Å². The molecule has 0 radical (unpaired) electrons. The van der Waals surface area contributed by atoms with Crippen molar-refractivity contribution >= 4 is 5.91 Å². The fraction of sp³-hybridized carbons (Fsp3) is 0.471. The molecule has 0 aliphatic heterocycles. The number of carbonyl (C=O) groups is 1. The first kappa shape index (κ1) is 13.9. The topological polar surface area (TPSA) is 20.3 Å². The molecule has 0 bridgehead atoms. The minimum Gasteiger partial charge on any atom is -0.312 e. The first-order valence-corrected chi connectivity index (χ1v) is 7.23. The highest BCUT2D eigenvalue weighted by atomic mass is 16.2. The van der Waals surface area contributed by atoms with E-state index in [4.69, 9.17) is 0 Å². The molecule has 102 valence electrons. The molecule has 1 aliphatic carbocycles. The summed E-state index contributed by atoms with van der Waals surface area (Å²) in [6.07, 6.45) is 6.82. The molecule has 0 aromatic heterocycles. The molecule has 2 nitrogen and oxygen atoms in total. The Morgan fingerprint density at radius 3 is 2.53 bits per heavy atom. The maximum Gasteiger partial charge on any atom is 0.229 e. The van der Waals surface area contributed by atoms with Crippen LogP contribution in [0.2, 0.25) is 0 Å². The van der Waals surface area contributed by atoms with Crippen molar-refractivity contribution in [3.05, 3.63) is 47.7 Å². The van der Waals surface area contributed by atoms with Crippen LogP contribution < -0.4 is 0 Å². The summed E-state index contributed by atoms with van der Waals surface area (Å²) >= 11 is 0. The fourth-order valence-electron chi connectivity index (χ4n) is 2.47. The fourth-order valence-corrected chi connectivity index (χ4v) is 2.47. The second-order valence-corrected chi connectivity index (χ2v) is 5.51. The lowest BCUT2D eigenvalue weighted by Crippen LogP contribution is -2.33. The highest BCUT2D eigenvalue weighted by Crippen LogP contribution is 2.24. The molecule has 0 saturated heterocycles. The molecule has 0 fully saturated rings. The maximum absolute atomic E-state index is 12.4. The number of benzene rings is 1. The summed E-state index contributed by atoms with van der Waals surface area (Å²) in [5.41, 5.74) is 2.41. The van der Waals surface area contributed by atoms with Gasteiger partial charge in [-0.05, 0) is 31.2 Å². The smallest absolute Gasteiger partial charge is 0.229 e. The van der Waals surface area contributed by atoms with Gasteiger partial charge in [-0.15, -0.1) is 0 Å². The highest BCUT2D eigenvalue weighted by molar-refractivity contribution is 5.79. The summed E-state index contributed by atoms with van der Waals surface area (Å²) in [6, 6.07) is 10.2. The van der Waals surface area contributed by atoms with Gasteiger partial charge in [0.05, 0.1) is 6.54 Å². The van der Waals surface area contributed by atoms with Crippen LogP contribution in [0.25, 0.3) is 0 Å². The van der Waals surface area contributed by atoms with Gasteiger partial charge in [-0.25, -0.2) is 0 Å². The summed E-state index contributed by atoms with van der Waals surface area (Å²) in [4.78, 5) is 14.4. The lowest BCUT2D eigenvalue weighted by Gasteiger charge is -2.29. The Morgan fingerprint density at radius 2 is 1.95 bits per heavy atom. The molecule has 1 aromatic rings. The van der Waals surface area contributed by atoms with E-state index in [2.05, 4.69) is 18.2 Å². The van der Waals surface area contributed by atoms with Gasteiger partial charge >= 0.3 is 0 Å². The van der Waals surface area contributed by atoms with Crippen molar-refractivity contribution < 1.29 is 4.79 Å². The predicted octanol–water partition coefficient (Wildman–Crippen LogP) is 4.13. The van der Waals surface area contributed by atoms with E-state index < -0.39 is 0 Å². The number of nitrogens with zero attached hydrogens (tertiary/aromatic N) is 1. The van der Waals surface area contributed by atoms with E-state index in [9.17, 15) is 4.79 Å². The van der Waals surface area contributed by atoms with E-state index in [1.165, 1.54) is 24.1 Å². The quantitative estimate of drug-likeness (QED) is 0.794. The predicted molar refractivity (Wildman–Crippen MR) is 78.4 cm³/mol. The number of rotatable bonds is 4. The van der Waals surface area contributed by atoms with E-state index in [1.807, 2.05) is 36.9 Å². The van der Waals surface area contributed by atoms with E-state index in [-0.39, 0.29) is 11.8 Å². The SMILES string of the molecule is CC(C)C(=O)N(Cc1ccccc1)C1=CCCCC1. The normalized spacial score (nSPS) is 15.2. The van der Waals surface area contributed by atoms with Crippen molar-refractivity contribution in [2.24, 2.45) is 5.92 Å². The molecular weight excluding hydrogens is 234 g/mol. The Morgan fingerprint density at radius 1 is 1.21 bits per heavy atom. The first-order valence-electron chi connectivity index (χ1n) is 7.23. The van der Waals surface area contributed by atoms with Gasteiger partial charge < -0.3 is 4.90 Å². The van der Waals surface area contributed by atoms with Gasteiger partial charge in [-0.3, -0.25) is 4.79 Å². The van der Waals surface area contributed by atoms with Crippen LogP contribution in [0.5, 0.6) is 0 Å². The third-order valence-electron chi connectivity index (χ3n) is 3.56. The molecule has 19 heavy (non-hydrogen) atoms. The molecule has 0 spiro atoms. The average molecular weight is 257 g/mol. The summed E-state index contributed by atoms with van der Waals surface area (Å²) < 4.78 is 0. The van der Waals surface area contributed by atoms with Gasteiger partial charge in [-0.2, -0.15) is 0 Å². The van der Waals surface area contributed by atoms with Crippen LogP contribution in [0.1, 0.15) is 45.1 Å². The van der Waals surface area contributed by atoms with Crippen LogP contribution >= 0.6 is 0 Å². The summed E-state index contributed by atoms with van der Waals surface area (Å²) in [7, 11) is 0. The van der Waals surface area contributed by atoms with E-state index in [1.54, 1.807) is 0 Å². The van der Waals surface area contributed by atoms with Gasteiger partial charge in [-0.1, -0.05) is 50.3 Å². The summed E-state index contributed by atoms with van der Waals surface area (Å²) in [5, 5.41) is 0. The van der Waals surface area contributed by atoms with Crippen LogP contribution in [-0.4, -0.2) is 10.8 Å². The van der Waals surface area contributed by atoms with Crippen LogP contribution in [0.15, 0.2) is 42.1 Å². The molecule has 2 rings (SSSR count). The minimum absolute atomic E-state index is 0.0477. The third kappa shape index (κ3) is 3.69. The Hall–Kier alpha value is -1.57. The molecular formula is C17H23NO. The standard InChI is InChI=1S/C17H23NO/c1-14(2)17(19)18(16-11-7-4-8-12-16)13-15-9-5-3-6-10-15/h3,5-6,9-11,14H,4,7-8,12-13H2,1-2H3. The summed E-state index contributed by atoms with van der Waals surface area (Å²) in [6.45, 7) is 4.65. The lowest BCUT2D eigenvalue weighted by molar-refractivity contribution is -0.133.